The molecule has 0 saturated carbocycles. The molecule has 0 aliphatic rings. The summed E-state index contributed by atoms with van der Waals surface area (Å²) >= 11 is 6.67. The van der Waals surface area contributed by atoms with Crippen molar-refractivity contribution in [3.63, 3.8) is 0 Å². The van der Waals surface area contributed by atoms with Crippen molar-refractivity contribution in [1.82, 2.24) is 9.13 Å². The fraction of sp³-hybridized carbons (Fsp3) is 0.179. The van der Waals surface area contributed by atoms with E-state index < -0.39 is 65.1 Å². The number of carboxylic acids is 1. The molecule has 6 aromatic rings. The zero-order valence-corrected chi connectivity index (χ0v) is 31.3. The molecule has 266 valence electrons. The maximum atomic E-state index is 16.0. The van der Waals surface area contributed by atoms with Gasteiger partial charge >= 0.3 is 11.9 Å². The highest BCUT2D eigenvalue weighted by atomic mass is 79.9. The van der Waals surface area contributed by atoms with Gasteiger partial charge in [-0.05, 0) is 91.6 Å². The van der Waals surface area contributed by atoms with Crippen LogP contribution in [0.5, 0.6) is 11.5 Å². The van der Waals surface area contributed by atoms with Crippen LogP contribution in [-0.2, 0) is 16.0 Å². The highest BCUT2D eigenvalue weighted by Gasteiger charge is 2.35. The van der Waals surface area contributed by atoms with Crippen LogP contribution in [0.2, 0.25) is 0 Å². The third-order valence-electron chi connectivity index (χ3n) is 9.07. The number of hydrogen-bond acceptors (Lipinski definition) is 6. The van der Waals surface area contributed by atoms with Gasteiger partial charge in [0, 0.05) is 54.4 Å². The average Bonchev–Trinajstić information content (AvgIpc) is 3.49. The van der Waals surface area contributed by atoms with Crippen molar-refractivity contribution in [3.8, 4) is 11.5 Å². The lowest BCUT2D eigenvalue weighted by Gasteiger charge is -2.21. The molecule has 0 bridgehead atoms. The predicted octanol–water partition coefficient (Wildman–Crippen LogP) is 9.07. The molecule has 0 amide bonds. The SMILES string of the molecule is Cc1c(CC(=O)O)c2cc(OC(=O)C(c3c(C)n(C(=O)c4ccc(Br)cc4)c4cc(F)c(O)cc34)C(C)C)c(F)cc2n1C(=O)c1ccc(Br)cc1. The number of benzene rings is 4. The molecule has 0 aliphatic carbocycles. The van der Waals surface area contributed by atoms with Gasteiger partial charge in [0.1, 0.15) is 0 Å². The van der Waals surface area contributed by atoms with Gasteiger partial charge in [0.05, 0.1) is 23.4 Å². The van der Waals surface area contributed by atoms with E-state index in [1.165, 1.54) is 15.2 Å². The van der Waals surface area contributed by atoms with Crippen LogP contribution >= 0.6 is 31.9 Å². The monoisotopic (exact) mass is 834 g/mol. The molecule has 52 heavy (non-hydrogen) atoms. The van der Waals surface area contributed by atoms with E-state index in [0.29, 0.717) is 0 Å². The lowest BCUT2D eigenvalue weighted by atomic mass is 9.86. The Bertz CT molecular complexity index is 2450. The number of aromatic hydroxyl groups is 1. The molecule has 13 heteroatoms. The van der Waals surface area contributed by atoms with Crippen LogP contribution in [0.4, 0.5) is 8.78 Å². The molecule has 2 N–H and O–H groups in total. The van der Waals surface area contributed by atoms with Gasteiger partial charge in [-0.3, -0.25) is 28.3 Å². The van der Waals surface area contributed by atoms with E-state index in [0.717, 1.165) is 27.1 Å². The van der Waals surface area contributed by atoms with Crippen molar-refractivity contribution in [3.05, 3.63) is 127 Å². The lowest BCUT2D eigenvalue weighted by molar-refractivity contribution is -0.138. The standard InChI is InChI=1S/C39H30Br2F2N2O7/c1-18(2)35(36-20(4)45(31-16-28(42)32(46)13-27(31)36)38(50)22-7-11-24(41)12-8-22)39(51)52-33-14-26-25(15-34(47)48)19(3)44(30(26)17-29(33)43)37(49)21-5-9-23(40)10-6-21/h5-14,16-18,35,46H,15H2,1-4H3,(H,47,48). The first-order chi connectivity index (χ1) is 24.6. The number of carbonyl (C=O) groups excluding carboxylic acids is 3. The molecule has 2 heterocycles. The molecule has 1 unspecified atom stereocenters. The maximum absolute atomic E-state index is 16.0. The van der Waals surface area contributed by atoms with E-state index >= 15 is 4.39 Å². The first kappa shape index (κ1) is 36.6. The summed E-state index contributed by atoms with van der Waals surface area (Å²) in [7, 11) is 0. The number of esters is 1. The van der Waals surface area contributed by atoms with Crippen molar-refractivity contribution >= 4 is 77.4 Å². The Balaban J connectivity index is 1.47. The topological polar surface area (TPSA) is 128 Å². The van der Waals surface area contributed by atoms with E-state index in [2.05, 4.69) is 31.9 Å². The highest BCUT2D eigenvalue weighted by Crippen LogP contribution is 2.40. The predicted molar refractivity (Wildman–Crippen MR) is 197 cm³/mol. The van der Waals surface area contributed by atoms with E-state index in [4.69, 9.17) is 4.74 Å². The number of hydrogen-bond donors (Lipinski definition) is 2. The molecular formula is C39H30Br2F2N2O7. The van der Waals surface area contributed by atoms with Crippen LogP contribution in [0.25, 0.3) is 21.8 Å². The Hall–Kier alpha value is -5.14. The highest BCUT2D eigenvalue weighted by molar-refractivity contribution is 9.10. The number of phenolic OH excluding ortho intramolecular Hbond substituents is 1. The van der Waals surface area contributed by atoms with E-state index in [9.17, 15) is 33.8 Å². The number of carboxylic acid groups (broad SMARTS) is 1. The smallest absolute Gasteiger partial charge is 0.319 e. The summed E-state index contributed by atoms with van der Waals surface area (Å²) in [4.78, 5) is 53.6. The molecule has 2 aromatic heterocycles. The summed E-state index contributed by atoms with van der Waals surface area (Å²) in [5, 5.41) is 20.5. The first-order valence-electron chi connectivity index (χ1n) is 16.0. The van der Waals surface area contributed by atoms with Crippen LogP contribution in [0.1, 0.15) is 63.0 Å². The Morgan fingerprint density at radius 1 is 0.750 bits per heavy atom. The molecule has 0 aliphatic heterocycles. The van der Waals surface area contributed by atoms with E-state index in [1.54, 1.807) is 76.2 Å². The second-order valence-corrected chi connectivity index (χ2v) is 14.5. The number of aliphatic carboxylic acids is 1. The fourth-order valence-electron chi connectivity index (χ4n) is 6.64. The second kappa shape index (κ2) is 14.1. The molecule has 0 fully saturated rings. The number of halogens is 4. The number of ether oxygens (including phenoxy) is 1. The van der Waals surface area contributed by atoms with Crippen molar-refractivity contribution in [2.75, 3.05) is 0 Å². The number of fused-ring (bicyclic) bond motifs is 2. The second-order valence-electron chi connectivity index (χ2n) is 12.7. The lowest BCUT2D eigenvalue weighted by Crippen LogP contribution is -2.25. The summed E-state index contributed by atoms with van der Waals surface area (Å²) in [5.41, 5.74) is 1.80. The van der Waals surface area contributed by atoms with Crippen LogP contribution in [0.3, 0.4) is 0 Å². The third-order valence-corrected chi connectivity index (χ3v) is 10.1. The molecule has 0 saturated heterocycles. The Kier molecular flexibility index (Phi) is 9.95. The Labute approximate surface area is 312 Å². The number of phenols is 1. The van der Waals surface area contributed by atoms with Crippen molar-refractivity contribution in [2.24, 2.45) is 5.92 Å². The fourth-order valence-corrected chi connectivity index (χ4v) is 7.16. The number of carbonyl (C=O) groups is 4. The number of aromatic nitrogens is 2. The van der Waals surface area contributed by atoms with Crippen LogP contribution in [0.15, 0.2) is 81.7 Å². The van der Waals surface area contributed by atoms with Gasteiger partial charge < -0.3 is 14.9 Å². The quantitative estimate of drug-likeness (QED) is 0.116. The molecule has 1 atom stereocenters. The van der Waals surface area contributed by atoms with Gasteiger partial charge in [-0.1, -0.05) is 45.7 Å². The zero-order chi connectivity index (χ0) is 37.8. The summed E-state index contributed by atoms with van der Waals surface area (Å²) in [6.45, 7) is 6.58. The minimum absolute atomic E-state index is 0.0854. The van der Waals surface area contributed by atoms with E-state index in [-0.39, 0.29) is 55.4 Å². The largest absolute Gasteiger partial charge is 0.505 e. The summed E-state index contributed by atoms with van der Waals surface area (Å²) in [6, 6.07) is 17.4. The number of nitrogens with zero attached hydrogens (tertiary/aromatic N) is 2. The van der Waals surface area contributed by atoms with Gasteiger partial charge in [-0.25, -0.2) is 8.78 Å². The van der Waals surface area contributed by atoms with Gasteiger partial charge in [0.2, 0.25) is 0 Å². The number of rotatable bonds is 8. The van der Waals surface area contributed by atoms with Gasteiger partial charge in [-0.15, -0.1) is 0 Å². The summed E-state index contributed by atoms with van der Waals surface area (Å²) in [6.07, 6.45) is -0.498. The Morgan fingerprint density at radius 2 is 1.25 bits per heavy atom. The minimum Gasteiger partial charge on any atom is -0.505 e. The zero-order valence-electron chi connectivity index (χ0n) is 28.1. The van der Waals surface area contributed by atoms with Crippen molar-refractivity contribution < 1.29 is 42.9 Å². The minimum atomic E-state index is -1.19. The van der Waals surface area contributed by atoms with Crippen LogP contribution < -0.4 is 4.74 Å². The average molecular weight is 836 g/mol. The molecular weight excluding hydrogens is 806 g/mol. The molecule has 6 rings (SSSR count). The third kappa shape index (κ3) is 6.54. The van der Waals surface area contributed by atoms with Gasteiger partial charge in [0.25, 0.3) is 11.8 Å². The van der Waals surface area contributed by atoms with Crippen molar-refractivity contribution in [1.29, 1.82) is 0 Å². The van der Waals surface area contributed by atoms with E-state index in [1.807, 2.05) is 0 Å². The summed E-state index contributed by atoms with van der Waals surface area (Å²) in [5.74, 6) is -7.96. The maximum Gasteiger partial charge on any atom is 0.319 e. The van der Waals surface area contributed by atoms with Gasteiger partial charge in [-0.2, -0.15) is 0 Å². The molecule has 0 radical (unpaired) electrons. The Morgan fingerprint density at radius 3 is 1.77 bits per heavy atom. The van der Waals surface area contributed by atoms with Gasteiger partial charge in [0.15, 0.2) is 23.1 Å². The normalized spacial score (nSPS) is 12.1. The molecule has 0 spiro atoms. The van der Waals surface area contributed by atoms with Crippen LogP contribution in [0, 0.1) is 31.4 Å². The van der Waals surface area contributed by atoms with Crippen LogP contribution in [-0.4, -0.2) is 43.1 Å². The van der Waals surface area contributed by atoms with Crippen molar-refractivity contribution in [2.45, 2.75) is 40.0 Å². The molecule has 9 nitrogen and oxygen atoms in total. The summed E-state index contributed by atoms with van der Waals surface area (Å²) < 4.78 is 40.4. The first-order valence-corrected chi connectivity index (χ1v) is 17.6. The molecule has 4 aromatic carbocycles.